The number of fused-ring (bicyclic) bond motifs is 2. The first-order valence-corrected chi connectivity index (χ1v) is 10.0. The lowest BCUT2D eigenvalue weighted by atomic mass is 9.72. The molecule has 1 N–H and O–H groups in total. The van der Waals surface area contributed by atoms with Crippen molar-refractivity contribution in [2.45, 2.75) is 25.2 Å². The highest BCUT2D eigenvalue weighted by Crippen LogP contribution is 2.48. The van der Waals surface area contributed by atoms with E-state index in [0.29, 0.717) is 5.92 Å². The van der Waals surface area contributed by atoms with Crippen molar-refractivity contribution in [3.8, 4) is 0 Å². The van der Waals surface area contributed by atoms with Gasteiger partial charge in [-0.25, -0.2) is 0 Å². The molecule has 0 bridgehead atoms. The molecule has 2 aliphatic heterocycles. The fraction of sp³-hybridized carbons (Fsp3) is 0.632. The van der Waals surface area contributed by atoms with Gasteiger partial charge in [0, 0.05) is 36.2 Å². The van der Waals surface area contributed by atoms with E-state index in [1.54, 1.807) is 11.5 Å². The van der Waals surface area contributed by atoms with Gasteiger partial charge in [0.15, 0.2) is 0 Å². The second-order valence-corrected chi connectivity index (χ2v) is 8.73. The normalized spacial score (nSPS) is 33.1. The van der Waals surface area contributed by atoms with Crippen LogP contribution >= 0.6 is 11.5 Å². The lowest BCUT2D eigenvalue weighted by Crippen LogP contribution is -2.57. The summed E-state index contributed by atoms with van der Waals surface area (Å²) in [6.45, 7) is 7.95. The maximum absolute atomic E-state index is 4.94. The third-order valence-corrected chi connectivity index (χ3v) is 7.56. The van der Waals surface area contributed by atoms with Gasteiger partial charge >= 0.3 is 0 Å². The summed E-state index contributed by atoms with van der Waals surface area (Å²) < 4.78 is 7.69. The van der Waals surface area contributed by atoms with E-state index in [-0.39, 0.29) is 0 Å². The van der Waals surface area contributed by atoms with E-state index in [9.17, 15) is 0 Å². The minimum atomic E-state index is 0.706. The topological polar surface area (TPSA) is 24.9 Å². The molecule has 1 saturated carbocycles. The predicted molar refractivity (Wildman–Crippen MR) is 95.8 cm³/mol. The molecule has 3 heterocycles. The van der Waals surface area contributed by atoms with Crippen molar-refractivity contribution >= 4 is 21.6 Å². The van der Waals surface area contributed by atoms with E-state index in [1.165, 1.54) is 78.8 Å². The van der Waals surface area contributed by atoms with E-state index in [0.717, 1.165) is 11.8 Å². The fourth-order valence-corrected chi connectivity index (χ4v) is 6.47. The second-order valence-electron chi connectivity index (χ2n) is 7.93. The standard InChI is InChI=1S/C19H26N3S/c1-2-7-18-16(5-1)19(21-23-18)15-6-3-4-14-12-22(13-17(14)15)10-8-20-9-11-22/h1-2,5,7,14-15,17,20H,3-4,6,8-13H2/q+1/t14-,15-,17+/m0/s1. The number of nitrogens with one attached hydrogen (secondary N) is 1. The van der Waals surface area contributed by atoms with E-state index >= 15 is 0 Å². The van der Waals surface area contributed by atoms with Crippen molar-refractivity contribution in [2.24, 2.45) is 11.8 Å². The molecular formula is C19H26N3S+. The molecule has 23 heavy (non-hydrogen) atoms. The van der Waals surface area contributed by atoms with Crippen LogP contribution in [0.25, 0.3) is 10.1 Å². The summed E-state index contributed by atoms with van der Waals surface area (Å²) in [5.74, 6) is 2.51. The van der Waals surface area contributed by atoms with Gasteiger partial charge in [-0.3, -0.25) is 0 Å². The van der Waals surface area contributed by atoms with Crippen LogP contribution in [0.4, 0.5) is 0 Å². The number of piperazine rings is 1. The number of rotatable bonds is 1. The van der Waals surface area contributed by atoms with Gasteiger partial charge < -0.3 is 9.80 Å². The van der Waals surface area contributed by atoms with Crippen LogP contribution in [-0.4, -0.2) is 48.1 Å². The molecule has 3 nitrogen and oxygen atoms in total. The van der Waals surface area contributed by atoms with Crippen LogP contribution in [0.5, 0.6) is 0 Å². The Hall–Kier alpha value is -0.970. The van der Waals surface area contributed by atoms with Gasteiger partial charge in [-0.05, 0) is 30.4 Å². The summed E-state index contributed by atoms with van der Waals surface area (Å²) in [7, 11) is 0. The lowest BCUT2D eigenvalue weighted by molar-refractivity contribution is -0.920. The number of nitrogens with zero attached hydrogens (tertiary/aromatic N) is 2. The molecular weight excluding hydrogens is 302 g/mol. The van der Waals surface area contributed by atoms with Crippen molar-refractivity contribution in [1.29, 1.82) is 0 Å². The molecule has 2 saturated heterocycles. The minimum absolute atomic E-state index is 0.706. The van der Waals surface area contributed by atoms with E-state index in [2.05, 4.69) is 29.6 Å². The third kappa shape index (κ3) is 2.34. The summed E-state index contributed by atoms with van der Waals surface area (Å²) in [6.07, 6.45) is 4.21. The molecule has 3 fully saturated rings. The largest absolute Gasteiger partial charge is 0.321 e. The summed E-state index contributed by atoms with van der Waals surface area (Å²) in [5, 5.41) is 4.99. The fourth-order valence-electron chi connectivity index (χ4n) is 5.63. The van der Waals surface area contributed by atoms with Gasteiger partial charge in [-0.15, -0.1) is 0 Å². The molecule has 5 rings (SSSR count). The SMILES string of the molecule is c1ccc2c([C@H]3CCC[C@H]4C[N+]5(CCNCC5)C[C@H]43)nsc2c1. The van der Waals surface area contributed by atoms with Gasteiger partial charge in [-0.1, -0.05) is 24.6 Å². The van der Waals surface area contributed by atoms with Crippen LogP contribution in [-0.2, 0) is 0 Å². The molecule has 122 valence electrons. The van der Waals surface area contributed by atoms with Crippen LogP contribution in [0, 0.1) is 11.8 Å². The van der Waals surface area contributed by atoms with Crippen LogP contribution in [0.3, 0.4) is 0 Å². The quantitative estimate of drug-likeness (QED) is 0.813. The zero-order chi connectivity index (χ0) is 15.3. The van der Waals surface area contributed by atoms with E-state index in [4.69, 9.17) is 4.37 Å². The van der Waals surface area contributed by atoms with Crippen LogP contribution in [0.2, 0.25) is 0 Å². The Morgan fingerprint density at radius 1 is 1.09 bits per heavy atom. The van der Waals surface area contributed by atoms with Crippen molar-refractivity contribution in [3.05, 3.63) is 30.0 Å². The molecule has 1 aromatic carbocycles. The smallest absolute Gasteiger partial charge is 0.0914 e. The molecule has 2 aromatic rings. The van der Waals surface area contributed by atoms with Crippen LogP contribution in [0.1, 0.15) is 30.9 Å². The third-order valence-electron chi connectivity index (χ3n) is 6.71. The highest BCUT2D eigenvalue weighted by atomic mass is 32.1. The van der Waals surface area contributed by atoms with E-state index in [1.807, 2.05) is 0 Å². The second kappa shape index (κ2) is 5.54. The molecule has 0 amide bonds. The number of aromatic nitrogens is 1. The first-order chi connectivity index (χ1) is 11.3. The summed E-state index contributed by atoms with van der Waals surface area (Å²) in [5.41, 5.74) is 1.43. The molecule has 0 radical (unpaired) electrons. The number of quaternary nitrogens is 1. The average Bonchev–Trinajstić information content (AvgIpc) is 3.16. The molecule has 1 aromatic heterocycles. The van der Waals surface area contributed by atoms with Gasteiger partial charge in [0.05, 0.1) is 36.6 Å². The van der Waals surface area contributed by atoms with Crippen LogP contribution < -0.4 is 5.32 Å². The molecule has 1 spiro atoms. The van der Waals surface area contributed by atoms with Crippen LogP contribution in [0.15, 0.2) is 24.3 Å². The van der Waals surface area contributed by atoms with E-state index < -0.39 is 0 Å². The molecule has 4 heteroatoms. The zero-order valence-corrected chi connectivity index (χ0v) is 14.5. The van der Waals surface area contributed by atoms with Gasteiger partial charge in [0.1, 0.15) is 0 Å². The number of hydrogen-bond donors (Lipinski definition) is 1. The maximum Gasteiger partial charge on any atom is 0.0914 e. The van der Waals surface area contributed by atoms with Gasteiger partial charge in [-0.2, -0.15) is 4.37 Å². The minimum Gasteiger partial charge on any atom is -0.321 e. The Bertz CT molecular complexity index is 703. The first-order valence-electron chi connectivity index (χ1n) is 9.25. The van der Waals surface area contributed by atoms with Gasteiger partial charge in [0.25, 0.3) is 0 Å². The molecule has 1 aliphatic carbocycles. The average molecular weight is 329 g/mol. The Labute approximate surface area is 142 Å². The highest BCUT2D eigenvalue weighted by Gasteiger charge is 2.50. The Kier molecular flexibility index (Phi) is 3.46. The molecule has 3 atom stereocenters. The summed E-state index contributed by atoms with van der Waals surface area (Å²) in [4.78, 5) is 0. The van der Waals surface area contributed by atoms with Crippen molar-refractivity contribution in [2.75, 3.05) is 39.3 Å². The lowest BCUT2D eigenvalue weighted by Gasteiger charge is -2.38. The number of benzene rings is 1. The predicted octanol–water partition coefficient (Wildman–Crippen LogP) is 3.23. The van der Waals surface area contributed by atoms with Gasteiger partial charge in [0.2, 0.25) is 0 Å². The van der Waals surface area contributed by atoms with Crippen molar-refractivity contribution in [3.63, 3.8) is 0 Å². The Balaban J connectivity index is 1.49. The monoisotopic (exact) mass is 328 g/mol. The Morgan fingerprint density at radius 2 is 1.96 bits per heavy atom. The molecule has 0 unspecified atom stereocenters. The van der Waals surface area contributed by atoms with Crippen molar-refractivity contribution in [1.82, 2.24) is 9.69 Å². The molecule has 3 aliphatic rings. The van der Waals surface area contributed by atoms with Crippen molar-refractivity contribution < 1.29 is 4.48 Å². The first kappa shape index (κ1) is 14.4. The maximum atomic E-state index is 4.94. The summed E-state index contributed by atoms with van der Waals surface area (Å²) >= 11 is 1.70. The highest BCUT2D eigenvalue weighted by molar-refractivity contribution is 7.13. The Morgan fingerprint density at radius 3 is 2.87 bits per heavy atom. The summed E-state index contributed by atoms with van der Waals surface area (Å²) in [6, 6.07) is 8.85. The zero-order valence-electron chi connectivity index (χ0n) is 13.7. The number of hydrogen-bond acceptors (Lipinski definition) is 3.